The predicted molar refractivity (Wildman–Crippen MR) is 95.1 cm³/mol. The molecule has 0 aromatic carbocycles. The van der Waals surface area contributed by atoms with Gasteiger partial charge in [-0.05, 0) is 25.0 Å². The first-order chi connectivity index (χ1) is 10.3. The first-order valence-electron chi connectivity index (χ1n) is 9.07. The molecule has 0 aliphatic heterocycles. The van der Waals surface area contributed by atoms with Crippen LogP contribution < -0.4 is 0 Å². The third-order valence-electron chi connectivity index (χ3n) is 3.80. The maximum atomic E-state index is 11.4. The first-order valence-corrected chi connectivity index (χ1v) is 9.71. The largest absolute Gasteiger partial charge is 0.466 e. The topological polar surface area (TPSA) is 26.3 Å². The predicted octanol–water partition coefficient (Wildman–Crippen LogP) is 5.94. The zero-order chi connectivity index (χ0) is 15.6. The normalized spacial score (nSPS) is 10.8. The van der Waals surface area contributed by atoms with Crippen LogP contribution in [0, 0.1) is 0 Å². The van der Waals surface area contributed by atoms with Crippen LogP contribution in [0.2, 0.25) is 0 Å². The second kappa shape index (κ2) is 17.9. The van der Waals surface area contributed by atoms with Gasteiger partial charge in [-0.2, -0.15) is 12.6 Å². The summed E-state index contributed by atoms with van der Waals surface area (Å²) >= 11 is 4.13. The zero-order valence-corrected chi connectivity index (χ0v) is 15.0. The number of thiol groups is 1. The van der Waals surface area contributed by atoms with Crippen LogP contribution in [0.1, 0.15) is 96.8 Å². The van der Waals surface area contributed by atoms with E-state index in [1.165, 1.54) is 64.2 Å². The number of ether oxygens (including phenoxy) is 1. The highest BCUT2D eigenvalue weighted by atomic mass is 32.1. The molecule has 0 heterocycles. The van der Waals surface area contributed by atoms with E-state index in [0.29, 0.717) is 13.0 Å². The molecule has 2 nitrogen and oxygen atoms in total. The standard InChI is InChI=1S/C18H36O2S/c1-2-3-4-5-6-7-8-9-10-11-12-15-18(19)20-16-13-14-17-21/h21H,2-17H2,1H3. The molecule has 0 saturated heterocycles. The van der Waals surface area contributed by atoms with Gasteiger partial charge in [0, 0.05) is 6.42 Å². The fraction of sp³-hybridized carbons (Fsp3) is 0.944. The van der Waals surface area contributed by atoms with Crippen LogP contribution >= 0.6 is 12.6 Å². The first kappa shape index (κ1) is 20.8. The molecule has 3 heteroatoms. The molecule has 0 N–H and O–H groups in total. The van der Waals surface area contributed by atoms with Crippen LogP contribution in [0.25, 0.3) is 0 Å². The Kier molecular flexibility index (Phi) is 17.7. The van der Waals surface area contributed by atoms with Crippen LogP contribution in [0.15, 0.2) is 0 Å². The molecule has 0 saturated carbocycles. The van der Waals surface area contributed by atoms with E-state index in [9.17, 15) is 4.79 Å². The third-order valence-corrected chi connectivity index (χ3v) is 4.12. The van der Waals surface area contributed by atoms with Crippen molar-refractivity contribution in [2.45, 2.75) is 96.8 Å². The molecule has 0 bridgehead atoms. The lowest BCUT2D eigenvalue weighted by atomic mass is 10.1. The molecule has 0 amide bonds. The third kappa shape index (κ3) is 17.8. The summed E-state index contributed by atoms with van der Waals surface area (Å²) in [5.41, 5.74) is 0. The monoisotopic (exact) mass is 316 g/mol. The number of unbranched alkanes of at least 4 members (excludes halogenated alkanes) is 11. The van der Waals surface area contributed by atoms with Crippen LogP contribution in [-0.2, 0) is 9.53 Å². The van der Waals surface area contributed by atoms with Gasteiger partial charge in [-0.1, -0.05) is 71.1 Å². The molecule has 0 aromatic heterocycles. The van der Waals surface area contributed by atoms with E-state index in [4.69, 9.17) is 4.74 Å². The summed E-state index contributed by atoms with van der Waals surface area (Å²) in [5.74, 6) is 0.848. The van der Waals surface area contributed by atoms with Crippen LogP contribution in [-0.4, -0.2) is 18.3 Å². The smallest absolute Gasteiger partial charge is 0.305 e. The van der Waals surface area contributed by atoms with E-state index in [0.717, 1.165) is 25.0 Å². The molecule has 21 heavy (non-hydrogen) atoms. The van der Waals surface area contributed by atoms with Crippen molar-refractivity contribution in [2.75, 3.05) is 12.4 Å². The van der Waals surface area contributed by atoms with E-state index < -0.39 is 0 Å². The minimum Gasteiger partial charge on any atom is -0.466 e. The Morgan fingerprint density at radius 2 is 1.29 bits per heavy atom. The van der Waals surface area contributed by atoms with E-state index in [2.05, 4.69) is 19.6 Å². The van der Waals surface area contributed by atoms with Gasteiger partial charge in [0.1, 0.15) is 0 Å². The molecule has 0 fully saturated rings. The van der Waals surface area contributed by atoms with Crippen molar-refractivity contribution in [1.29, 1.82) is 0 Å². The summed E-state index contributed by atoms with van der Waals surface area (Å²) in [6, 6.07) is 0. The molecule has 0 aliphatic rings. The summed E-state index contributed by atoms with van der Waals surface area (Å²) in [6.45, 7) is 2.83. The number of carbonyl (C=O) groups excluding carboxylic acids is 1. The Morgan fingerprint density at radius 3 is 1.81 bits per heavy atom. The average Bonchev–Trinajstić information content (AvgIpc) is 2.49. The highest BCUT2D eigenvalue weighted by Crippen LogP contribution is 2.12. The van der Waals surface area contributed by atoms with Crippen molar-refractivity contribution < 1.29 is 9.53 Å². The van der Waals surface area contributed by atoms with E-state index in [1.54, 1.807) is 0 Å². The quantitative estimate of drug-likeness (QED) is 0.217. The Bertz CT molecular complexity index is 219. The van der Waals surface area contributed by atoms with E-state index >= 15 is 0 Å². The summed E-state index contributed by atoms with van der Waals surface area (Å²) in [5, 5.41) is 0. The van der Waals surface area contributed by atoms with Gasteiger partial charge >= 0.3 is 5.97 Å². The lowest BCUT2D eigenvalue weighted by Gasteiger charge is -2.04. The highest BCUT2D eigenvalue weighted by Gasteiger charge is 2.02. The minimum atomic E-state index is -0.0231. The zero-order valence-electron chi connectivity index (χ0n) is 14.1. The molecule has 126 valence electrons. The summed E-state index contributed by atoms with van der Waals surface area (Å²) in [7, 11) is 0. The van der Waals surface area contributed by atoms with Gasteiger partial charge in [0.25, 0.3) is 0 Å². The number of hydrogen-bond donors (Lipinski definition) is 1. The second-order valence-corrected chi connectivity index (χ2v) is 6.38. The van der Waals surface area contributed by atoms with Gasteiger partial charge in [0.2, 0.25) is 0 Å². The van der Waals surface area contributed by atoms with Gasteiger partial charge < -0.3 is 4.74 Å². The lowest BCUT2D eigenvalue weighted by molar-refractivity contribution is -0.143. The van der Waals surface area contributed by atoms with E-state index in [1.807, 2.05) is 0 Å². The summed E-state index contributed by atoms with van der Waals surface area (Å²) < 4.78 is 5.16. The maximum absolute atomic E-state index is 11.4. The van der Waals surface area contributed by atoms with Gasteiger partial charge in [0.05, 0.1) is 6.61 Å². The number of esters is 1. The Balaban J connectivity index is 3.09. The van der Waals surface area contributed by atoms with Crippen LogP contribution in [0.3, 0.4) is 0 Å². The Labute approximate surface area is 137 Å². The molecular formula is C18H36O2S. The van der Waals surface area contributed by atoms with Crippen LogP contribution in [0.5, 0.6) is 0 Å². The Morgan fingerprint density at radius 1 is 0.762 bits per heavy atom. The van der Waals surface area contributed by atoms with Gasteiger partial charge in [0.15, 0.2) is 0 Å². The van der Waals surface area contributed by atoms with Crippen molar-refractivity contribution in [2.24, 2.45) is 0 Å². The number of rotatable bonds is 16. The molecule has 0 atom stereocenters. The van der Waals surface area contributed by atoms with Crippen molar-refractivity contribution >= 4 is 18.6 Å². The highest BCUT2D eigenvalue weighted by molar-refractivity contribution is 7.80. The average molecular weight is 317 g/mol. The number of carbonyl (C=O) groups is 1. The molecule has 0 unspecified atom stereocenters. The fourth-order valence-electron chi connectivity index (χ4n) is 2.41. The van der Waals surface area contributed by atoms with Gasteiger partial charge in [-0.15, -0.1) is 0 Å². The van der Waals surface area contributed by atoms with Crippen molar-refractivity contribution in [3.05, 3.63) is 0 Å². The fourth-order valence-corrected chi connectivity index (χ4v) is 2.63. The van der Waals surface area contributed by atoms with Gasteiger partial charge in [-0.25, -0.2) is 0 Å². The molecular weight excluding hydrogens is 280 g/mol. The molecule has 0 rings (SSSR count). The summed E-state index contributed by atoms with van der Waals surface area (Å²) in [4.78, 5) is 11.4. The van der Waals surface area contributed by atoms with Crippen molar-refractivity contribution in [3.8, 4) is 0 Å². The number of hydrogen-bond acceptors (Lipinski definition) is 3. The van der Waals surface area contributed by atoms with E-state index in [-0.39, 0.29) is 5.97 Å². The van der Waals surface area contributed by atoms with Crippen molar-refractivity contribution in [3.63, 3.8) is 0 Å². The lowest BCUT2D eigenvalue weighted by Crippen LogP contribution is -2.05. The maximum Gasteiger partial charge on any atom is 0.305 e. The minimum absolute atomic E-state index is 0.0231. The summed E-state index contributed by atoms with van der Waals surface area (Å²) in [6.07, 6.45) is 17.0. The van der Waals surface area contributed by atoms with Crippen molar-refractivity contribution in [1.82, 2.24) is 0 Å². The molecule has 0 radical (unpaired) electrons. The molecule has 0 spiro atoms. The Hall–Kier alpha value is -0.180. The SMILES string of the molecule is CCCCCCCCCCCCCC(=O)OCCCCS. The molecule has 0 aromatic rings. The second-order valence-electron chi connectivity index (χ2n) is 5.94. The van der Waals surface area contributed by atoms with Gasteiger partial charge in [-0.3, -0.25) is 4.79 Å². The molecule has 0 aliphatic carbocycles. The van der Waals surface area contributed by atoms with Crippen LogP contribution in [0.4, 0.5) is 0 Å².